The van der Waals surface area contributed by atoms with E-state index in [1.54, 1.807) is 37.4 Å². The van der Waals surface area contributed by atoms with Crippen LogP contribution in [-0.4, -0.2) is 67.0 Å². The number of hydrogen-bond donors (Lipinski definition) is 1. The molecule has 1 aliphatic heterocycles. The smallest absolute Gasteiger partial charge is 0.295 e. The summed E-state index contributed by atoms with van der Waals surface area (Å²) in [6, 6.07) is 11.6. The molecule has 7 nitrogen and oxygen atoms in total. The number of amides is 1. The molecule has 1 N–H and O–H groups in total. The summed E-state index contributed by atoms with van der Waals surface area (Å²) in [5.41, 5.74) is 2.14. The highest BCUT2D eigenvalue weighted by Gasteiger charge is 2.47. The van der Waals surface area contributed by atoms with E-state index in [0.717, 1.165) is 18.7 Å². The van der Waals surface area contributed by atoms with Crippen molar-refractivity contribution in [2.24, 2.45) is 0 Å². The van der Waals surface area contributed by atoms with Gasteiger partial charge in [-0.15, -0.1) is 0 Å². The van der Waals surface area contributed by atoms with E-state index in [2.05, 4.69) is 18.7 Å². The second-order valence-corrected chi connectivity index (χ2v) is 7.99. The Hall–Kier alpha value is -3.32. The van der Waals surface area contributed by atoms with Gasteiger partial charge in [-0.1, -0.05) is 43.7 Å². The molecular weight excluding hydrogens is 420 g/mol. The van der Waals surface area contributed by atoms with Crippen molar-refractivity contribution < 1.29 is 24.2 Å². The third-order valence-corrected chi connectivity index (χ3v) is 6.15. The number of likely N-dealkylation sites (tertiary alicyclic amines) is 1. The maximum Gasteiger partial charge on any atom is 0.295 e. The first-order valence-corrected chi connectivity index (χ1v) is 11.2. The summed E-state index contributed by atoms with van der Waals surface area (Å²) < 4.78 is 11.0. The molecule has 0 bridgehead atoms. The van der Waals surface area contributed by atoms with Gasteiger partial charge in [0.25, 0.3) is 11.7 Å². The number of Topliss-reactive ketones (excluding diaryl/α,β-unsaturated/α-hetero) is 1. The first-order chi connectivity index (χ1) is 15.9. The van der Waals surface area contributed by atoms with E-state index in [1.807, 2.05) is 19.1 Å². The predicted molar refractivity (Wildman–Crippen MR) is 128 cm³/mol. The number of hydrogen-bond acceptors (Lipinski definition) is 6. The fraction of sp³-hybridized carbons (Fsp3) is 0.385. The van der Waals surface area contributed by atoms with Crippen LogP contribution in [0.15, 0.2) is 48.0 Å². The third-order valence-electron chi connectivity index (χ3n) is 6.15. The summed E-state index contributed by atoms with van der Waals surface area (Å²) in [7, 11) is 3.09. The molecule has 7 heteroatoms. The molecule has 1 saturated heterocycles. The van der Waals surface area contributed by atoms with E-state index in [0.29, 0.717) is 35.7 Å². The highest BCUT2D eigenvalue weighted by atomic mass is 16.5. The SMILES string of the molecule is CCN(CC)CCN1C(=O)C(=O)C(=C(O)c2ccc(C)cc2)[C@H]1c1cc(OC)ccc1OC. The van der Waals surface area contributed by atoms with Gasteiger partial charge in [-0.2, -0.15) is 0 Å². The van der Waals surface area contributed by atoms with E-state index in [-0.39, 0.29) is 11.3 Å². The molecule has 0 spiro atoms. The fourth-order valence-corrected chi connectivity index (χ4v) is 4.14. The molecule has 0 aliphatic carbocycles. The molecule has 2 aromatic carbocycles. The Morgan fingerprint density at radius 2 is 1.70 bits per heavy atom. The van der Waals surface area contributed by atoms with Crippen molar-refractivity contribution in [2.45, 2.75) is 26.8 Å². The quantitative estimate of drug-likeness (QED) is 0.354. The number of aliphatic hydroxyl groups is 1. The highest BCUT2D eigenvalue weighted by molar-refractivity contribution is 6.46. The van der Waals surface area contributed by atoms with Crippen molar-refractivity contribution in [1.82, 2.24) is 9.80 Å². The van der Waals surface area contributed by atoms with Gasteiger partial charge in [0.1, 0.15) is 17.3 Å². The molecule has 1 heterocycles. The molecule has 1 amide bonds. The van der Waals surface area contributed by atoms with Crippen molar-refractivity contribution in [2.75, 3.05) is 40.4 Å². The summed E-state index contributed by atoms with van der Waals surface area (Å²) in [6.07, 6.45) is 0. The Balaban J connectivity index is 2.19. The van der Waals surface area contributed by atoms with Crippen molar-refractivity contribution in [1.29, 1.82) is 0 Å². The normalized spacial score (nSPS) is 17.6. The Labute approximate surface area is 195 Å². The molecule has 3 rings (SSSR count). The topological polar surface area (TPSA) is 79.3 Å². The largest absolute Gasteiger partial charge is 0.507 e. The first kappa shape index (κ1) is 24.3. The fourth-order valence-electron chi connectivity index (χ4n) is 4.14. The van der Waals surface area contributed by atoms with Gasteiger partial charge in [-0.3, -0.25) is 9.59 Å². The number of nitrogens with zero attached hydrogens (tertiary/aromatic N) is 2. The number of likely N-dealkylation sites (N-methyl/N-ethyl adjacent to an activating group) is 1. The summed E-state index contributed by atoms with van der Waals surface area (Å²) in [4.78, 5) is 30.1. The average molecular weight is 453 g/mol. The number of carbonyl (C=O) groups excluding carboxylic acids is 2. The molecule has 0 radical (unpaired) electrons. The number of methoxy groups -OCH3 is 2. The van der Waals surface area contributed by atoms with Crippen LogP contribution in [0, 0.1) is 6.92 Å². The van der Waals surface area contributed by atoms with Crippen LogP contribution in [0.5, 0.6) is 11.5 Å². The van der Waals surface area contributed by atoms with Crippen molar-refractivity contribution >= 4 is 17.4 Å². The molecule has 1 fully saturated rings. The van der Waals surface area contributed by atoms with Gasteiger partial charge in [0.05, 0.1) is 25.8 Å². The average Bonchev–Trinajstić information content (AvgIpc) is 3.09. The van der Waals surface area contributed by atoms with Crippen LogP contribution in [0.4, 0.5) is 0 Å². The minimum atomic E-state index is -0.799. The predicted octanol–water partition coefficient (Wildman–Crippen LogP) is 3.78. The number of ketones is 1. The van der Waals surface area contributed by atoms with Crippen LogP contribution < -0.4 is 9.47 Å². The van der Waals surface area contributed by atoms with Crippen LogP contribution >= 0.6 is 0 Å². The highest BCUT2D eigenvalue weighted by Crippen LogP contribution is 2.43. The molecule has 0 aromatic heterocycles. The van der Waals surface area contributed by atoms with E-state index in [9.17, 15) is 14.7 Å². The summed E-state index contributed by atoms with van der Waals surface area (Å²) >= 11 is 0. The zero-order valence-electron chi connectivity index (χ0n) is 19.9. The van der Waals surface area contributed by atoms with Crippen LogP contribution in [0.3, 0.4) is 0 Å². The Kier molecular flexibility index (Phi) is 7.76. The van der Waals surface area contributed by atoms with Crippen molar-refractivity contribution in [3.63, 3.8) is 0 Å². The van der Waals surface area contributed by atoms with Crippen LogP contribution in [0.2, 0.25) is 0 Å². The lowest BCUT2D eigenvalue weighted by molar-refractivity contribution is -0.140. The standard InChI is InChI=1S/C26H32N2O5/c1-6-27(7-2)14-15-28-23(20-16-19(32-4)12-13-21(20)33-5)22(25(30)26(28)31)24(29)18-10-8-17(3)9-11-18/h8-13,16,23,29H,6-7,14-15H2,1-5H3/t23-/m1/s1. The number of carbonyl (C=O) groups is 2. The van der Waals surface area contributed by atoms with Crippen molar-refractivity contribution in [3.05, 3.63) is 64.7 Å². The first-order valence-electron chi connectivity index (χ1n) is 11.2. The lowest BCUT2D eigenvalue weighted by atomic mass is 9.94. The maximum atomic E-state index is 13.2. The molecule has 176 valence electrons. The number of ether oxygens (including phenoxy) is 2. The third kappa shape index (κ3) is 4.88. The van der Waals surface area contributed by atoms with E-state index in [4.69, 9.17) is 9.47 Å². The molecule has 0 saturated carbocycles. The number of rotatable bonds is 9. The lowest BCUT2D eigenvalue weighted by Gasteiger charge is -2.29. The number of aryl methyl sites for hydroxylation is 1. The summed E-state index contributed by atoms with van der Waals surface area (Å²) in [6.45, 7) is 8.65. The minimum Gasteiger partial charge on any atom is -0.507 e. The Morgan fingerprint density at radius 3 is 2.27 bits per heavy atom. The van der Waals surface area contributed by atoms with Crippen LogP contribution in [0.25, 0.3) is 5.76 Å². The van der Waals surface area contributed by atoms with Gasteiger partial charge in [0.15, 0.2) is 0 Å². The second kappa shape index (κ2) is 10.5. The van der Waals surface area contributed by atoms with E-state index in [1.165, 1.54) is 12.0 Å². The summed E-state index contributed by atoms with van der Waals surface area (Å²) in [5, 5.41) is 11.2. The molecule has 33 heavy (non-hydrogen) atoms. The Morgan fingerprint density at radius 1 is 1.03 bits per heavy atom. The Bertz CT molecular complexity index is 1040. The van der Waals surface area contributed by atoms with Gasteiger partial charge in [-0.05, 0) is 38.2 Å². The monoisotopic (exact) mass is 452 g/mol. The zero-order chi connectivity index (χ0) is 24.1. The lowest BCUT2D eigenvalue weighted by Crippen LogP contribution is -2.38. The molecule has 2 aromatic rings. The number of aliphatic hydroxyl groups excluding tert-OH is 1. The molecular formula is C26H32N2O5. The van der Waals surface area contributed by atoms with Gasteiger partial charge >= 0.3 is 0 Å². The maximum absolute atomic E-state index is 13.2. The van der Waals surface area contributed by atoms with Crippen molar-refractivity contribution in [3.8, 4) is 11.5 Å². The molecule has 0 unspecified atom stereocenters. The van der Waals surface area contributed by atoms with Crippen LogP contribution in [0.1, 0.15) is 36.6 Å². The van der Waals surface area contributed by atoms with Gasteiger partial charge in [0.2, 0.25) is 0 Å². The van der Waals surface area contributed by atoms with Gasteiger partial charge in [-0.25, -0.2) is 0 Å². The van der Waals surface area contributed by atoms with Crippen LogP contribution in [-0.2, 0) is 9.59 Å². The molecule has 1 atom stereocenters. The number of benzene rings is 2. The van der Waals surface area contributed by atoms with Gasteiger partial charge in [0, 0.05) is 24.2 Å². The molecule has 1 aliphatic rings. The summed E-state index contributed by atoms with van der Waals surface area (Å²) in [5.74, 6) is -0.470. The zero-order valence-corrected chi connectivity index (χ0v) is 19.9. The van der Waals surface area contributed by atoms with E-state index < -0.39 is 17.7 Å². The minimum absolute atomic E-state index is 0.0509. The van der Waals surface area contributed by atoms with E-state index >= 15 is 0 Å². The second-order valence-electron chi connectivity index (χ2n) is 7.99. The van der Waals surface area contributed by atoms with Gasteiger partial charge < -0.3 is 24.4 Å².